The van der Waals surface area contributed by atoms with Crippen LogP contribution < -0.4 is 4.74 Å². The smallest absolute Gasteiger partial charge is 0.374 e. The molecule has 0 amide bonds. The van der Waals surface area contributed by atoms with Gasteiger partial charge in [0.2, 0.25) is 5.76 Å². The van der Waals surface area contributed by atoms with Crippen molar-refractivity contribution in [3.05, 3.63) is 29.5 Å². The average molecular weight is 249 g/mol. The fraction of sp³-hybridized carbons (Fsp3) is 0.167. The predicted octanol–water partition coefficient (Wildman–Crippen LogP) is 2.06. The Morgan fingerprint density at radius 2 is 2.17 bits per heavy atom. The quantitative estimate of drug-likeness (QED) is 0.864. The number of aromatic carboxylic acids is 1. The van der Waals surface area contributed by atoms with E-state index in [-0.39, 0.29) is 17.3 Å². The molecule has 2 N–H and O–H groups in total. The van der Waals surface area contributed by atoms with E-state index in [1.807, 2.05) is 0 Å². The van der Waals surface area contributed by atoms with E-state index >= 15 is 0 Å². The number of aryl methyl sites for hydroxylation is 1. The largest absolute Gasteiger partial charge is 0.504 e. The molecule has 0 aliphatic rings. The van der Waals surface area contributed by atoms with Gasteiger partial charge in [0, 0.05) is 11.6 Å². The Hall–Kier alpha value is -2.50. The van der Waals surface area contributed by atoms with E-state index in [0.717, 1.165) is 0 Å². The molecule has 94 valence electrons. The summed E-state index contributed by atoms with van der Waals surface area (Å²) in [6, 6.07) is 4.63. The third kappa shape index (κ3) is 1.88. The molecule has 1 aromatic heterocycles. The molecule has 0 atom stereocenters. The van der Waals surface area contributed by atoms with Crippen molar-refractivity contribution in [2.75, 3.05) is 7.11 Å². The van der Waals surface area contributed by atoms with E-state index in [4.69, 9.17) is 9.84 Å². The number of phenols is 1. The van der Waals surface area contributed by atoms with Gasteiger partial charge in [0.25, 0.3) is 0 Å². The summed E-state index contributed by atoms with van der Waals surface area (Å²) in [5.41, 5.74) is 1.41. The molecule has 6 nitrogen and oxygen atoms in total. The van der Waals surface area contributed by atoms with Crippen LogP contribution in [0.5, 0.6) is 11.5 Å². The van der Waals surface area contributed by atoms with Crippen molar-refractivity contribution < 1.29 is 24.3 Å². The lowest BCUT2D eigenvalue weighted by atomic mass is 10.1. The third-order valence-corrected chi connectivity index (χ3v) is 2.53. The van der Waals surface area contributed by atoms with Crippen molar-refractivity contribution in [2.45, 2.75) is 6.92 Å². The highest BCUT2D eigenvalue weighted by molar-refractivity contribution is 5.86. The Kier molecular flexibility index (Phi) is 2.93. The van der Waals surface area contributed by atoms with Crippen LogP contribution in [0.3, 0.4) is 0 Å². The van der Waals surface area contributed by atoms with Crippen LogP contribution in [0.1, 0.15) is 16.1 Å². The van der Waals surface area contributed by atoms with Crippen LogP contribution in [-0.4, -0.2) is 28.4 Å². The first-order chi connectivity index (χ1) is 8.54. The first kappa shape index (κ1) is 12.0. The zero-order chi connectivity index (χ0) is 13.3. The summed E-state index contributed by atoms with van der Waals surface area (Å²) in [7, 11) is 1.41. The molecule has 0 saturated carbocycles. The zero-order valence-corrected chi connectivity index (χ0v) is 9.80. The van der Waals surface area contributed by atoms with E-state index in [1.165, 1.54) is 13.2 Å². The van der Waals surface area contributed by atoms with E-state index < -0.39 is 5.97 Å². The molecule has 2 rings (SSSR count). The first-order valence-corrected chi connectivity index (χ1v) is 5.11. The number of carboxylic acids is 1. The van der Waals surface area contributed by atoms with Crippen molar-refractivity contribution in [2.24, 2.45) is 0 Å². The lowest BCUT2D eigenvalue weighted by molar-refractivity contribution is 0.0652. The summed E-state index contributed by atoms with van der Waals surface area (Å²) in [6.45, 7) is 1.73. The van der Waals surface area contributed by atoms with Gasteiger partial charge < -0.3 is 19.5 Å². The number of methoxy groups -OCH3 is 1. The molecule has 0 saturated heterocycles. The molecule has 0 fully saturated rings. The maximum absolute atomic E-state index is 10.7. The highest BCUT2D eigenvalue weighted by Gasteiger charge is 2.18. The molecular formula is C12H11NO5. The molecule has 0 bridgehead atoms. The van der Waals surface area contributed by atoms with E-state index in [2.05, 4.69) is 9.68 Å². The van der Waals surface area contributed by atoms with Crippen molar-refractivity contribution in [3.8, 4) is 22.8 Å². The van der Waals surface area contributed by atoms with Crippen LogP contribution in [0.25, 0.3) is 11.3 Å². The Morgan fingerprint density at radius 1 is 1.44 bits per heavy atom. The minimum absolute atomic E-state index is 0.00475. The second kappa shape index (κ2) is 4.40. The van der Waals surface area contributed by atoms with Gasteiger partial charge in [0.1, 0.15) is 5.69 Å². The normalized spacial score (nSPS) is 10.3. The van der Waals surface area contributed by atoms with E-state index in [1.54, 1.807) is 19.1 Å². The standard InChI is InChI=1S/C12H11NO5/c1-6-3-4-7(11(17-2)10(6)14)8-5-9(12(15)16)18-13-8/h3-5,14H,1-2H3,(H,15,16). The first-order valence-electron chi connectivity index (χ1n) is 5.11. The van der Waals surface area contributed by atoms with Gasteiger partial charge >= 0.3 is 5.97 Å². The van der Waals surface area contributed by atoms with Crippen LogP contribution in [0.4, 0.5) is 0 Å². The summed E-state index contributed by atoms with van der Waals surface area (Å²) in [4.78, 5) is 10.7. The summed E-state index contributed by atoms with van der Waals surface area (Å²) >= 11 is 0. The van der Waals surface area contributed by atoms with Gasteiger partial charge in [0.05, 0.1) is 7.11 Å². The van der Waals surface area contributed by atoms with Crippen molar-refractivity contribution in [1.82, 2.24) is 5.16 Å². The number of carboxylic acid groups (broad SMARTS) is 1. The number of phenolic OH excluding ortho intramolecular Hbond substituents is 1. The lowest BCUT2D eigenvalue weighted by Gasteiger charge is -2.09. The zero-order valence-electron chi connectivity index (χ0n) is 9.80. The van der Waals surface area contributed by atoms with Crippen molar-refractivity contribution >= 4 is 5.97 Å². The fourth-order valence-electron chi connectivity index (χ4n) is 1.58. The molecule has 1 heterocycles. The van der Waals surface area contributed by atoms with Crippen LogP contribution in [0, 0.1) is 6.92 Å². The maximum Gasteiger partial charge on any atom is 0.374 e. The van der Waals surface area contributed by atoms with Crippen LogP contribution in [0.2, 0.25) is 0 Å². The Morgan fingerprint density at radius 3 is 2.72 bits per heavy atom. The average Bonchev–Trinajstić information content (AvgIpc) is 2.82. The summed E-state index contributed by atoms with van der Waals surface area (Å²) in [6.07, 6.45) is 0. The fourth-order valence-corrected chi connectivity index (χ4v) is 1.58. The molecule has 18 heavy (non-hydrogen) atoms. The van der Waals surface area contributed by atoms with Crippen LogP contribution in [-0.2, 0) is 0 Å². The van der Waals surface area contributed by atoms with E-state index in [9.17, 15) is 9.90 Å². The number of rotatable bonds is 3. The number of benzene rings is 1. The maximum atomic E-state index is 10.7. The Balaban J connectivity index is 2.56. The highest BCUT2D eigenvalue weighted by atomic mass is 16.5. The SMILES string of the molecule is COc1c(-c2cc(C(=O)O)on2)ccc(C)c1O. The molecule has 0 spiro atoms. The number of aromatic hydroxyl groups is 1. The monoisotopic (exact) mass is 249 g/mol. The summed E-state index contributed by atoms with van der Waals surface area (Å²) < 4.78 is 9.77. The number of nitrogens with zero attached hydrogens (tertiary/aromatic N) is 1. The molecule has 0 aliphatic heterocycles. The number of hydrogen-bond acceptors (Lipinski definition) is 5. The minimum Gasteiger partial charge on any atom is -0.504 e. The molecule has 0 unspecified atom stereocenters. The van der Waals surface area contributed by atoms with Crippen molar-refractivity contribution in [1.29, 1.82) is 0 Å². The molecular weight excluding hydrogens is 238 g/mol. The third-order valence-electron chi connectivity index (χ3n) is 2.53. The van der Waals surface area contributed by atoms with Crippen molar-refractivity contribution in [3.63, 3.8) is 0 Å². The Bertz CT molecular complexity index is 603. The lowest BCUT2D eigenvalue weighted by Crippen LogP contribution is -1.92. The van der Waals surface area contributed by atoms with Crippen LogP contribution >= 0.6 is 0 Å². The molecule has 1 aromatic carbocycles. The number of ether oxygens (including phenoxy) is 1. The Labute approximate surface area is 102 Å². The molecule has 0 radical (unpaired) electrons. The minimum atomic E-state index is -1.20. The van der Waals surface area contributed by atoms with Gasteiger partial charge in [-0.3, -0.25) is 0 Å². The second-order valence-electron chi connectivity index (χ2n) is 3.69. The number of carbonyl (C=O) groups is 1. The van der Waals surface area contributed by atoms with Gasteiger partial charge in [-0.1, -0.05) is 11.2 Å². The van der Waals surface area contributed by atoms with Gasteiger partial charge in [-0.2, -0.15) is 0 Å². The van der Waals surface area contributed by atoms with Gasteiger partial charge in [-0.05, 0) is 18.6 Å². The highest BCUT2D eigenvalue weighted by Crippen LogP contribution is 2.39. The van der Waals surface area contributed by atoms with Gasteiger partial charge in [-0.15, -0.1) is 0 Å². The molecule has 6 heteroatoms. The summed E-state index contributed by atoms with van der Waals surface area (Å²) in [5.74, 6) is -1.24. The summed E-state index contributed by atoms with van der Waals surface area (Å²) in [5, 5.41) is 22.3. The van der Waals surface area contributed by atoms with E-state index in [0.29, 0.717) is 16.8 Å². The van der Waals surface area contributed by atoms with Gasteiger partial charge in [0.15, 0.2) is 11.5 Å². The second-order valence-corrected chi connectivity index (χ2v) is 3.69. The number of aromatic nitrogens is 1. The predicted molar refractivity (Wildman–Crippen MR) is 61.9 cm³/mol. The molecule has 0 aliphatic carbocycles. The topological polar surface area (TPSA) is 92.8 Å². The number of hydrogen-bond donors (Lipinski definition) is 2. The molecule has 2 aromatic rings. The van der Waals surface area contributed by atoms with Crippen LogP contribution in [0.15, 0.2) is 22.7 Å². The van der Waals surface area contributed by atoms with Gasteiger partial charge in [-0.25, -0.2) is 4.79 Å².